The van der Waals surface area contributed by atoms with Gasteiger partial charge in [0.25, 0.3) is 5.91 Å². The van der Waals surface area contributed by atoms with E-state index in [1.807, 2.05) is 39.0 Å². The van der Waals surface area contributed by atoms with Crippen molar-refractivity contribution in [2.45, 2.75) is 57.4 Å². The molecule has 1 aliphatic heterocycles. The maximum Gasteiger partial charge on any atom is 0.324 e. The summed E-state index contributed by atoms with van der Waals surface area (Å²) in [5, 5.41) is 2.81. The maximum absolute atomic E-state index is 13.1. The second-order valence-corrected chi connectivity index (χ2v) is 9.95. The number of aryl methyl sites for hydroxylation is 3. The lowest BCUT2D eigenvalue weighted by molar-refractivity contribution is -0.152. The zero-order valence-corrected chi connectivity index (χ0v) is 19.6. The highest BCUT2D eigenvalue weighted by Crippen LogP contribution is 2.26. The van der Waals surface area contributed by atoms with E-state index >= 15 is 0 Å². The van der Waals surface area contributed by atoms with Crippen LogP contribution in [0.4, 0.5) is 5.69 Å². The topological polar surface area (TPSA) is 92.8 Å². The molecule has 0 radical (unpaired) electrons. The third kappa shape index (κ3) is 5.37. The molecule has 0 aromatic heterocycles. The van der Waals surface area contributed by atoms with Crippen molar-refractivity contribution in [3.05, 3.63) is 59.2 Å². The van der Waals surface area contributed by atoms with E-state index in [9.17, 15) is 18.0 Å². The summed E-state index contributed by atoms with van der Waals surface area (Å²) < 4.78 is 32.7. The number of anilines is 1. The first-order valence-electron chi connectivity index (χ1n) is 10.9. The number of sulfonamides is 1. The number of hydrogen-bond acceptors (Lipinski definition) is 5. The van der Waals surface area contributed by atoms with Gasteiger partial charge in [-0.25, -0.2) is 8.42 Å². The van der Waals surface area contributed by atoms with Gasteiger partial charge in [0.2, 0.25) is 10.0 Å². The fourth-order valence-electron chi connectivity index (χ4n) is 3.88. The average Bonchev–Trinajstić information content (AvgIpc) is 2.79. The van der Waals surface area contributed by atoms with Crippen LogP contribution < -0.4 is 5.32 Å². The van der Waals surface area contributed by atoms with Gasteiger partial charge < -0.3 is 10.1 Å². The van der Waals surface area contributed by atoms with E-state index in [0.717, 1.165) is 35.2 Å². The Hall–Kier alpha value is -2.71. The summed E-state index contributed by atoms with van der Waals surface area (Å²) in [6.07, 6.45) is 2.51. The zero-order chi connectivity index (χ0) is 23.3. The first kappa shape index (κ1) is 23.9. The molecule has 1 amide bonds. The van der Waals surface area contributed by atoms with E-state index < -0.39 is 34.5 Å². The molecule has 0 bridgehead atoms. The second-order valence-electron chi connectivity index (χ2n) is 8.06. The Balaban J connectivity index is 1.68. The van der Waals surface area contributed by atoms with E-state index in [-0.39, 0.29) is 11.4 Å². The van der Waals surface area contributed by atoms with Crippen LogP contribution in [-0.2, 0) is 30.8 Å². The van der Waals surface area contributed by atoms with Gasteiger partial charge in [-0.1, -0.05) is 42.8 Å². The predicted molar refractivity (Wildman–Crippen MR) is 123 cm³/mol. The molecule has 2 aromatic carbocycles. The van der Waals surface area contributed by atoms with Crippen molar-refractivity contribution < 1.29 is 22.7 Å². The van der Waals surface area contributed by atoms with Crippen LogP contribution >= 0.6 is 0 Å². The van der Waals surface area contributed by atoms with Crippen LogP contribution in [0.25, 0.3) is 0 Å². The van der Waals surface area contributed by atoms with Gasteiger partial charge in [-0.15, -0.1) is 0 Å². The minimum atomic E-state index is -3.84. The molecule has 0 aliphatic carbocycles. The first-order chi connectivity index (χ1) is 15.2. The molecule has 172 valence electrons. The zero-order valence-electron chi connectivity index (χ0n) is 18.8. The molecular formula is C24H30N2O5S. The Morgan fingerprint density at radius 3 is 2.50 bits per heavy atom. The minimum absolute atomic E-state index is 0.146. The molecular weight excluding hydrogens is 428 g/mol. The molecule has 1 unspecified atom stereocenters. The van der Waals surface area contributed by atoms with Gasteiger partial charge in [0.05, 0.1) is 4.90 Å². The van der Waals surface area contributed by atoms with Crippen molar-refractivity contribution in [2.24, 2.45) is 0 Å². The van der Waals surface area contributed by atoms with Crippen molar-refractivity contribution in [1.29, 1.82) is 0 Å². The first-order valence-corrected chi connectivity index (χ1v) is 12.3. The van der Waals surface area contributed by atoms with Gasteiger partial charge in [0.1, 0.15) is 6.04 Å². The van der Waals surface area contributed by atoms with Crippen molar-refractivity contribution in [2.75, 3.05) is 18.5 Å². The number of hydrogen-bond donors (Lipinski definition) is 1. The molecule has 7 nitrogen and oxygen atoms in total. The standard InChI is InChI=1S/C24H30N2O5S/c1-4-19-9-7-8-18(3)23(19)25-22(27)16-31-24(28)21-10-5-6-15-26(21)32(29,30)20-13-11-17(2)12-14-20/h7-9,11-14,21H,4-6,10,15-16H2,1-3H3,(H,25,27). The third-order valence-corrected chi connectivity index (χ3v) is 7.63. The Labute approximate surface area is 189 Å². The fourth-order valence-corrected chi connectivity index (χ4v) is 5.53. The largest absolute Gasteiger partial charge is 0.454 e. The van der Waals surface area contributed by atoms with Gasteiger partial charge in [0.15, 0.2) is 6.61 Å². The average molecular weight is 459 g/mol. The van der Waals surface area contributed by atoms with Gasteiger partial charge in [-0.3, -0.25) is 9.59 Å². The molecule has 1 atom stereocenters. The number of esters is 1. The summed E-state index contributed by atoms with van der Waals surface area (Å²) in [5.74, 6) is -1.15. The maximum atomic E-state index is 13.1. The third-order valence-electron chi connectivity index (χ3n) is 5.70. The van der Waals surface area contributed by atoms with Gasteiger partial charge >= 0.3 is 5.97 Å². The number of para-hydroxylation sites is 1. The fraction of sp³-hybridized carbons (Fsp3) is 0.417. The number of rotatable bonds is 7. The van der Waals surface area contributed by atoms with Crippen molar-refractivity contribution in [1.82, 2.24) is 4.31 Å². The highest BCUT2D eigenvalue weighted by atomic mass is 32.2. The predicted octanol–water partition coefficient (Wildman–Crippen LogP) is 3.59. The summed E-state index contributed by atoms with van der Waals surface area (Å²) in [7, 11) is -3.84. The number of carbonyl (C=O) groups is 2. The number of piperidine rings is 1. The molecule has 0 spiro atoms. The lowest BCUT2D eigenvalue weighted by atomic mass is 10.1. The molecule has 2 aromatic rings. The monoisotopic (exact) mass is 458 g/mol. The summed E-state index contributed by atoms with van der Waals surface area (Å²) in [5.41, 5.74) is 3.58. The van der Waals surface area contributed by atoms with Crippen molar-refractivity contribution in [3.63, 3.8) is 0 Å². The number of nitrogens with one attached hydrogen (secondary N) is 1. The minimum Gasteiger partial charge on any atom is -0.454 e. The Kier molecular flexibility index (Phi) is 7.69. The molecule has 1 heterocycles. The Morgan fingerprint density at radius 2 is 1.81 bits per heavy atom. The van der Waals surface area contributed by atoms with E-state index in [1.165, 1.54) is 4.31 Å². The lowest BCUT2D eigenvalue weighted by Crippen LogP contribution is -2.48. The van der Waals surface area contributed by atoms with Gasteiger partial charge in [-0.05, 0) is 62.8 Å². The smallest absolute Gasteiger partial charge is 0.324 e. The molecule has 8 heteroatoms. The SMILES string of the molecule is CCc1cccc(C)c1NC(=O)COC(=O)C1CCCCN1S(=O)(=O)c1ccc(C)cc1. The quantitative estimate of drug-likeness (QED) is 0.640. The molecule has 0 saturated carbocycles. The highest BCUT2D eigenvalue weighted by Gasteiger charge is 2.38. The summed E-state index contributed by atoms with van der Waals surface area (Å²) in [6.45, 7) is 5.55. The number of nitrogens with zero attached hydrogens (tertiary/aromatic N) is 1. The van der Waals surface area contributed by atoms with Crippen LogP contribution in [0.3, 0.4) is 0 Å². The van der Waals surface area contributed by atoms with E-state index in [2.05, 4.69) is 5.32 Å². The summed E-state index contributed by atoms with van der Waals surface area (Å²) in [4.78, 5) is 25.4. The molecule has 1 saturated heterocycles. The Morgan fingerprint density at radius 1 is 1.09 bits per heavy atom. The van der Waals surface area contributed by atoms with Crippen LogP contribution in [0.15, 0.2) is 47.4 Å². The summed E-state index contributed by atoms with van der Waals surface area (Å²) in [6, 6.07) is 11.4. The second kappa shape index (κ2) is 10.3. The van der Waals surface area contributed by atoms with Crippen LogP contribution in [0, 0.1) is 13.8 Å². The molecule has 1 fully saturated rings. The number of carbonyl (C=O) groups excluding carboxylic acids is 2. The number of amides is 1. The van der Waals surface area contributed by atoms with Crippen molar-refractivity contribution >= 4 is 27.6 Å². The highest BCUT2D eigenvalue weighted by molar-refractivity contribution is 7.89. The van der Waals surface area contributed by atoms with Gasteiger partial charge in [0, 0.05) is 12.2 Å². The van der Waals surface area contributed by atoms with Crippen LogP contribution in [0.5, 0.6) is 0 Å². The number of ether oxygens (including phenoxy) is 1. The van der Waals surface area contributed by atoms with E-state index in [4.69, 9.17) is 4.74 Å². The lowest BCUT2D eigenvalue weighted by Gasteiger charge is -2.33. The number of benzene rings is 2. The normalized spacial score (nSPS) is 17.0. The molecule has 32 heavy (non-hydrogen) atoms. The Bertz CT molecular complexity index is 1080. The van der Waals surface area contributed by atoms with Crippen LogP contribution in [0.1, 0.15) is 42.9 Å². The molecule has 1 N–H and O–H groups in total. The van der Waals surface area contributed by atoms with Crippen LogP contribution in [-0.4, -0.2) is 43.8 Å². The molecule has 1 aliphatic rings. The summed E-state index contributed by atoms with van der Waals surface area (Å²) >= 11 is 0. The molecule has 3 rings (SSSR count). The van der Waals surface area contributed by atoms with Crippen molar-refractivity contribution in [3.8, 4) is 0 Å². The van der Waals surface area contributed by atoms with E-state index in [0.29, 0.717) is 12.8 Å². The van der Waals surface area contributed by atoms with Crippen LogP contribution in [0.2, 0.25) is 0 Å². The van der Waals surface area contributed by atoms with E-state index in [1.54, 1.807) is 24.3 Å². The van der Waals surface area contributed by atoms with Gasteiger partial charge in [-0.2, -0.15) is 4.31 Å².